The summed E-state index contributed by atoms with van der Waals surface area (Å²) in [7, 11) is 0. The van der Waals surface area contributed by atoms with Gasteiger partial charge in [-0.2, -0.15) is 0 Å². The van der Waals surface area contributed by atoms with Crippen LogP contribution in [0.25, 0.3) is 10.1 Å². The summed E-state index contributed by atoms with van der Waals surface area (Å²) < 4.78 is 14.2. The molecule has 2 aromatic rings. The van der Waals surface area contributed by atoms with E-state index in [1.54, 1.807) is 6.07 Å². The Morgan fingerprint density at radius 3 is 2.90 bits per heavy atom. The predicted molar refractivity (Wildman–Crippen MR) is 81.9 cm³/mol. The average Bonchev–Trinajstić information content (AvgIpc) is 2.89. The minimum atomic E-state index is -0.238. The van der Waals surface area contributed by atoms with Gasteiger partial charge in [0.15, 0.2) is 5.78 Å². The largest absolute Gasteiger partial charge is 0.293 e. The highest BCUT2D eigenvalue weighted by Crippen LogP contribution is 2.37. The molecule has 1 aromatic heterocycles. The summed E-state index contributed by atoms with van der Waals surface area (Å²) in [5, 5.41) is 0.849. The van der Waals surface area contributed by atoms with E-state index < -0.39 is 0 Å². The molecule has 1 nitrogen and oxygen atoms in total. The van der Waals surface area contributed by atoms with Crippen LogP contribution in [0.15, 0.2) is 24.3 Å². The van der Waals surface area contributed by atoms with Gasteiger partial charge in [-0.15, -0.1) is 11.3 Å². The highest BCUT2D eigenvalue weighted by Gasteiger charge is 2.31. The van der Waals surface area contributed by atoms with Crippen molar-refractivity contribution in [3.05, 3.63) is 35.0 Å². The lowest BCUT2D eigenvalue weighted by Crippen LogP contribution is -2.26. The second-order valence-corrected chi connectivity index (χ2v) is 6.80. The van der Waals surface area contributed by atoms with Gasteiger partial charge >= 0.3 is 0 Å². The molecule has 0 bridgehead atoms. The molecule has 20 heavy (non-hydrogen) atoms. The molecule has 0 N–H and O–H groups in total. The second kappa shape index (κ2) is 5.65. The van der Waals surface area contributed by atoms with Crippen molar-refractivity contribution in [3.8, 4) is 0 Å². The fourth-order valence-corrected chi connectivity index (χ4v) is 4.41. The number of fused-ring (bicyclic) bond motifs is 1. The van der Waals surface area contributed by atoms with Crippen LogP contribution < -0.4 is 0 Å². The molecule has 1 fully saturated rings. The van der Waals surface area contributed by atoms with Crippen molar-refractivity contribution in [2.45, 2.75) is 39.0 Å². The topological polar surface area (TPSA) is 17.1 Å². The summed E-state index contributed by atoms with van der Waals surface area (Å²) in [5.74, 6) is 0.737. The van der Waals surface area contributed by atoms with E-state index >= 15 is 0 Å². The second-order valence-electron chi connectivity index (χ2n) is 5.72. The lowest BCUT2D eigenvalue weighted by molar-refractivity contribution is 0.0825. The Hall–Kier alpha value is -1.22. The third-order valence-electron chi connectivity index (χ3n) is 4.49. The van der Waals surface area contributed by atoms with Crippen LogP contribution in [0.4, 0.5) is 4.39 Å². The summed E-state index contributed by atoms with van der Waals surface area (Å²) in [5.41, 5.74) is 0. The molecule has 0 amide bonds. The van der Waals surface area contributed by atoms with E-state index in [1.807, 2.05) is 6.07 Å². The summed E-state index contributed by atoms with van der Waals surface area (Å²) in [4.78, 5) is 13.5. The van der Waals surface area contributed by atoms with Crippen molar-refractivity contribution in [3.63, 3.8) is 0 Å². The zero-order chi connectivity index (χ0) is 14.1. The predicted octanol–water partition coefficient (Wildman–Crippen LogP) is 5.44. The number of rotatable bonds is 3. The zero-order valence-electron chi connectivity index (χ0n) is 11.7. The number of ketones is 1. The number of thiophene rings is 1. The van der Waals surface area contributed by atoms with Crippen LogP contribution >= 0.6 is 11.3 Å². The molecule has 106 valence electrons. The number of carbonyl (C=O) groups is 1. The van der Waals surface area contributed by atoms with Crippen molar-refractivity contribution in [1.82, 2.24) is 0 Å². The highest BCUT2D eigenvalue weighted by molar-refractivity contribution is 7.20. The standard InChI is InChI=1S/C17H19FOS/c1-2-11-5-3-4-6-14(11)17(19)16-10-12-9-13(18)7-8-15(12)20-16/h7-11,14H,2-6H2,1H3. The van der Waals surface area contributed by atoms with Crippen molar-refractivity contribution in [2.75, 3.05) is 0 Å². The Morgan fingerprint density at radius 2 is 2.10 bits per heavy atom. The van der Waals surface area contributed by atoms with Gasteiger partial charge in [-0.05, 0) is 48.4 Å². The van der Waals surface area contributed by atoms with E-state index in [-0.39, 0.29) is 17.5 Å². The number of halogens is 1. The minimum Gasteiger partial charge on any atom is -0.293 e. The Labute approximate surface area is 122 Å². The molecule has 1 aliphatic carbocycles. The van der Waals surface area contributed by atoms with Gasteiger partial charge in [-0.3, -0.25) is 4.79 Å². The number of carbonyl (C=O) groups excluding carboxylic acids is 1. The number of benzene rings is 1. The third-order valence-corrected chi connectivity index (χ3v) is 5.62. The van der Waals surface area contributed by atoms with E-state index in [0.29, 0.717) is 5.92 Å². The normalized spacial score (nSPS) is 23.1. The average molecular weight is 290 g/mol. The molecule has 1 aliphatic rings. The quantitative estimate of drug-likeness (QED) is 0.688. The molecule has 0 radical (unpaired) electrons. The van der Waals surface area contributed by atoms with Crippen LogP contribution in [0.5, 0.6) is 0 Å². The Bertz CT molecular complexity index is 631. The van der Waals surface area contributed by atoms with E-state index in [1.165, 1.54) is 36.3 Å². The summed E-state index contributed by atoms with van der Waals surface area (Å²) in [6.07, 6.45) is 5.68. The summed E-state index contributed by atoms with van der Waals surface area (Å²) in [6, 6.07) is 6.61. The van der Waals surface area contributed by atoms with Crippen molar-refractivity contribution in [1.29, 1.82) is 0 Å². The number of Topliss-reactive ketones (excluding diaryl/α,β-unsaturated/α-hetero) is 1. The number of hydrogen-bond acceptors (Lipinski definition) is 2. The van der Waals surface area contributed by atoms with E-state index in [9.17, 15) is 9.18 Å². The van der Waals surface area contributed by atoms with Gasteiger partial charge in [0.05, 0.1) is 4.88 Å². The fourth-order valence-electron chi connectivity index (χ4n) is 3.36. The molecular formula is C17H19FOS. The van der Waals surface area contributed by atoms with Gasteiger partial charge in [-0.25, -0.2) is 4.39 Å². The molecule has 0 spiro atoms. The molecule has 1 aromatic carbocycles. The maximum absolute atomic E-state index is 13.2. The Morgan fingerprint density at radius 1 is 1.30 bits per heavy atom. The summed E-state index contributed by atoms with van der Waals surface area (Å²) >= 11 is 1.50. The Balaban J connectivity index is 1.91. The molecule has 2 atom stereocenters. The van der Waals surface area contributed by atoms with Crippen LogP contribution in [0.1, 0.15) is 48.7 Å². The van der Waals surface area contributed by atoms with Crippen LogP contribution in [-0.4, -0.2) is 5.78 Å². The monoisotopic (exact) mass is 290 g/mol. The van der Waals surface area contributed by atoms with E-state index in [2.05, 4.69) is 6.92 Å². The van der Waals surface area contributed by atoms with Crippen molar-refractivity contribution < 1.29 is 9.18 Å². The van der Waals surface area contributed by atoms with Crippen LogP contribution in [0, 0.1) is 17.7 Å². The molecule has 3 heteroatoms. The zero-order valence-corrected chi connectivity index (χ0v) is 12.5. The van der Waals surface area contributed by atoms with Gasteiger partial charge in [0, 0.05) is 10.6 Å². The first kappa shape index (κ1) is 13.7. The van der Waals surface area contributed by atoms with Crippen LogP contribution in [0.2, 0.25) is 0 Å². The van der Waals surface area contributed by atoms with Crippen molar-refractivity contribution in [2.24, 2.45) is 11.8 Å². The fraction of sp³-hybridized carbons (Fsp3) is 0.471. The number of hydrogen-bond donors (Lipinski definition) is 0. The lowest BCUT2D eigenvalue weighted by atomic mass is 9.75. The molecule has 0 saturated heterocycles. The summed E-state index contributed by atoms with van der Waals surface area (Å²) in [6.45, 7) is 2.18. The first-order valence-corrected chi connectivity index (χ1v) is 8.24. The first-order chi connectivity index (χ1) is 9.69. The van der Waals surface area contributed by atoms with Gasteiger partial charge < -0.3 is 0 Å². The maximum Gasteiger partial charge on any atom is 0.176 e. The van der Waals surface area contributed by atoms with Crippen LogP contribution in [-0.2, 0) is 0 Å². The van der Waals surface area contributed by atoms with Gasteiger partial charge in [0.1, 0.15) is 5.82 Å². The van der Waals surface area contributed by atoms with E-state index in [4.69, 9.17) is 0 Å². The maximum atomic E-state index is 13.2. The molecule has 0 aliphatic heterocycles. The van der Waals surface area contributed by atoms with Crippen LogP contribution in [0.3, 0.4) is 0 Å². The molecule has 3 rings (SSSR count). The third kappa shape index (κ3) is 2.51. The molecule has 1 heterocycles. The smallest absolute Gasteiger partial charge is 0.176 e. The van der Waals surface area contributed by atoms with Gasteiger partial charge in [-0.1, -0.05) is 26.2 Å². The lowest BCUT2D eigenvalue weighted by Gasteiger charge is -2.29. The van der Waals surface area contributed by atoms with E-state index in [0.717, 1.165) is 34.2 Å². The molecule has 1 saturated carbocycles. The van der Waals surface area contributed by atoms with Crippen molar-refractivity contribution >= 4 is 27.2 Å². The van der Waals surface area contributed by atoms with Gasteiger partial charge in [0.25, 0.3) is 0 Å². The molecular weight excluding hydrogens is 271 g/mol. The molecule has 2 unspecified atom stereocenters. The van der Waals surface area contributed by atoms with Gasteiger partial charge in [0.2, 0.25) is 0 Å². The first-order valence-electron chi connectivity index (χ1n) is 7.42. The highest BCUT2D eigenvalue weighted by atomic mass is 32.1. The minimum absolute atomic E-state index is 0.173. The SMILES string of the molecule is CCC1CCCCC1C(=O)c1cc2cc(F)ccc2s1. The Kier molecular flexibility index (Phi) is 3.88.